The zero-order valence-corrected chi connectivity index (χ0v) is 14.9. The number of rotatable bonds is 4. The summed E-state index contributed by atoms with van der Waals surface area (Å²) in [5, 5.41) is 0. The van der Waals surface area contributed by atoms with Crippen LogP contribution >= 0.6 is 0 Å². The number of hydrogen-bond acceptors (Lipinski definition) is 1. The molecule has 0 fully saturated rings. The smallest absolute Gasteiger partial charge is 0.0630 e. The third kappa shape index (κ3) is 3.33. The molecule has 3 rings (SSSR count). The molecule has 0 saturated heterocycles. The van der Waals surface area contributed by atoms with Crippen LogP contribution in [0.2, 0.25) is 0 Å². The zero-order valence-electron chi connectivity index (χ0n) is 14.9. The molecule has 1 aromatic heterocycles. The van der Waals surface area contributed by atoms with Crippen molar-refractivity contribution in [2.45, 2.75) is 34.1 Å². The Bertz CT molecular complexity index is 867. The highest BCUT2D eigenvalue weighted by Gasteiger charge is 2.09. The van der Waals surface area contributed by atoms with Gasteiger partial charge in [0.25, 0.3) is 0 Å². The Morgan fingerprint density at radius 1 is 0.958 bits per heavy atom. The molecule has 0 N–H and O–H groups in total. The summed E-state index contributed by atoms with van der Waals surface area (Å²) in [4.78, 5) is 4.64. The Kier molecular flexibility index (Phi) is 4.66. The van der Waals surface area contributed by atoms with Gasteiger partial charge >= 0.3 is 0 Å². The molecule has 0 saturated carbocycles. The number of nitrogens with zero attached hydrogens (tertiary/aromatic N) is 2. The van der Waals surface area contributed by atoms with Gasteiger partial charge < -0.3 is 4.57 Å². The monoisotopic (exact) mass is 316 g/mol. The quantitative estimate of drug-likeness (QED) is 0.548. The number of hydrogen-bond donors (Lipinski definition) is 0. The van der Waals surface area contributed by atoms with Gasteiger partial charge in [-0.25, -0.2) is 0 Å². The van der Waals surface area contributed by atoms with Crippen LogP contribution in [0.3, 0.4) is 0 Å². The predicted molar refractivity (Wildman–Crippen MR) is 103 cm³/mol. The van der Waals surface area contributed by atoms with Gasteiger partial charge in [-0.15, -0.1) is 0 Å². The number of aliphatic imine (C=N–C) groups is 1. The number of aryl methyl sites for hydroxylation is 3. The molecule has 1 heterocycles. The molecule has 0 amide bonds. The average molecular weight is 316 g/mol. The highest BCUT2D eigenvalue weighted by Crippen LogP contribution is 2.21. The SMILES string of the molecule is CCc1ccc(N=Cc2cc(C)n(-c3cccc(C)c3)c2C)cc1. The molecule has 122 valence electrons. The molecule has 0 radical (unpaired) electrons. The maximum absolute atomic E-state index is 4.64. The van der Waals surface area contributed by atoms with E-state index in [4.69, 9.17) is 0 Å². The third-order valence-corrected chi connectivity index (χ3v) is 4.43. The van der Waals surface area contributed by atoms with E-state index in [1.807, 2.05) is 6.21 Å². The second-order valence-corrected chi connectivity index (χ2v) is 6.28. The molecular weight excluding hydrogens is 292 g/mol. The van der Waals surface area contributed by atoms with Gasteiger partial charge in [-0.1, -0.05) is 31.2 Å². The first kappa shape index (κ1) is 16.3. The van der Waals surface area contributed by atoms with E-state index >= 15 is 0 Å². The Morgan fingerprint density at radius 2 is 1.71 bits per heavy atom. The van der Waals surface area contributed by atoms with Crippen molar-refractivity contribution < 1.29 is 0 Å². The number of aromatic nitrogens is 1. The lowest BCUT2D eigenvalue weighted by molar-refractivity contribution is 0.963. The molecule has 0 bridgehead atoms. The van der Waals surface area contributed by atoms with E-state index in [0.29, 0.717) is 0 Å². The van der Waals surface area contributed by atoms with E-state index in [1.54, 1.807) is 0 Å². The Hall–Kier alpha value is -2.61. The minimum Gasteiger partial charge on any atom is -0.318 e. The lowest BCUT2D eigenvalue weighted by Crippen LogP contribution is -1.99. The minimum absolute atomic E-state index is 0.993. The normalized spacial score (nSPS) is 11.3. The molecule has 0 aliphatic carbocycles. The van der Waals surface area contributed by atoms with Crippen molar-refractivity contribution in [2.75, 3.05) is 0 Å². The van der Waals surface area contributed by atoms with Crippen LogP contribution in [0.5, 0.6) is 0 Å². The molecule has 0 spiro atoms. The first-order chi connectivity index (χ1) is 11.6. The Labute approximate surface area is 144 Å². The predicted octanol–water partition coefficient (Wildman–Crippen LogP) is 5.72. The minimum atomic E-state index is 0.993. The van der Waals surface area contributed by atoms with Crippen LogP contribution in [0.4, 0.5) is 5.69 Å². The van der Waals surface area contributed by atoms with Crippen molar-refractivity contribution >= 4 is 11.9 Å². The van der Waals surface area contributed by atoms with E-state index in [0.717, 1.165) is 17.7 Å². The van der Waals surface area contributed by atoms with E-state index in [1.165, 1.54) is 28.2 Å². The summed E-state index contributed by atoms with van der Waals surface area (Å²) in [7, 11) is 0. The Morgan fingerprint density at radius 3 is 2.38 bits per heavy atom. The molecule has 2 aromatic carbocycles. The molecule has 2 heteroatoms. The lowest BCUT2D eigenvalue weighted by Gasteiger charge is -2.10. The average Bonchev–Trinajstić information content (AvgIpc) is 2.87. The standard InChI is InChI=1S/C22H24N2/c1-5-19-9-11-21(12-10-19)23-15-20-14-17(3)24(18(20)4)22-8-6-7-16(2)13-22/h6-15H,5H2,1-4H3. The van der Waals surface area contributed by atoms with Crippen molar-refractivity contribution in [3.05, 3.63) is 82.7 Å². The first-order valence-electron chi connectivity index (χ1n) is 8.47. The first-order valence-corrected chi connectivity index (χ1v) is 8.47. The van der Waals surface area contributed by atoms with Gasteiger partial charge in [0.1, 0.15) is 0 Å². The van der Waals surface area contributed by atoms with Crippen LogP contribution in [0.25, 0.3) is 5.69 Å². The van der Waals surface area contributed by atoms with Gasteiger partial charge in [0, 0.05) is 28.9 Å². The molecule has 0 unspecified atom stereocenters. The van der Waals surface area contributed by atoms with E-state index < -0.39 is 0 Å². The molecule has 24 heavy (non-hydrogen) atoms. The van der Waals surface area contributed by atoms with Crippen LogP contribution in [-0.2, 0) is 6.42 Å². The van der Waals surface area contributed by atoms with Gasteiger partial charge in [-0.3, -0.25) is 4.99 Å². The summed E-state index contributed by atoms with van der Waals surface area (Å²) >= 11 is 0. The van der Waals surface area contributed by atoms with Crippen molar-refractivity contribution in [1.29, 1.82) is 0 Å². The van der Waals surface area contributed by atoms with E-state index in [2.05, 4.69) is 91.9 Å². The molecule has 3 aromatic rings. The van der Waals surface area contributed by atoms with Crippen molar-refractivity contribution in [2.24, 2.45) is 4.99 Å². The van der Waals surface area contributed by atoms with E-state index in [9.17, 15) is 0 Å². The largest absolute Gasteiger partial charge is 0.318 e. The maximum Gasteiger partial charge on any atom is 0.0630 e. The van der Waals surface area contributed by atoms with Crippen molar-refractivity contribution in [3.63, 3.8) is 0 Å². The van der Waals surface area contributed by atoms with Crippen LogP contribution in [0, 0.1) is 20.8 Å². The molecular formula is C22H24N2. The fourth-order valence-electron chi connectivity index (χ4n) is 3.04. The summed E-state index contributed by atoms with van der Waals surface area (Å²) < 4.78 is 2.29. The summed E-state index contributed by atoms with van der Waals surface area (Å²) in [5.41, 5.74) is 8.41. The van der Waals surface area contributed by atoms with Gasteiger partial charge in [-0.05, 0) is 68.7 Å². The van der Waals surface area contributed by atoms with Crippen LogP contribution < -0.4 is 0 Å². The van der Waals surface area contributed by atoms with Crippen molar-refractivity contribution in [1.82, 2.24) is 4.57 Å². The number of benzene rings is 2. The molecule has 2 nitrogen and oxygen atoms in total. The second-order valence-electron chi connectivity index (χ2n) is 6.28. The highest BCUT2D eigenvalue weighted by molar-refractivity contribution is 5.84. The summed E-state index contributed by atoms with van der Waals surface area (Å²) in [6.45, 7) is 8.58. The van der Waals surface area contributed by atoms with Crippen LogP contribution in [-0.4, -0.2) is 10.8 Å². The van der Waals surface area contributed by atoms with Crippen molar-refractivity contribution in [3.8, 4) is 5.69 Å². The Balaban J connectivity index is 1.92. The van der Waals surface area contributed by atoms with Gasteiger partial charge in [0.15, 0.2) is 0 Å². The summed E-state index contributed by atoms with van der Waals surface area (Å²) in [5.74, 6) is 0. The molecule has 0 atom stereocenters. The summed E-state index contributed by atoms with van der Waals surface area (Å²) in [6.07, 6.45) is 3.03. The van der Waals surface area contributed by atoms with Gasteiger partial charge in [0.2, 0.25) is 0 Å². The fourth-order valence-corrected chi connectivity index (χ4v) is 3.04. The third-order valence-electron chi connectivity index (χ3n) is 4.43. The van der Waals surface area contributed by atoms with Gasteiger partial charge in [0.05, 0.1) is 5.69 Å². The highest BCUT2D eigenvalue weighted by atomic mass is 15.0. The van der Waals surface area contributed by atoms with Crippen LogP contribution in [0.1, 0.15) is 35.0 Å². The van der Waals surface area contributed by atoms with Crippen LogP contribution in [0.15, 0.2) is 59.6 Å². The topological polar surface area (TPSA) is 17.3 Å². The summed E-state index contributed by atoms with van der Waals surface area (Å²) in [6, 6.07) is 19.2. The van der Waals surface area contributed by atoms with E-state index in [-0.39, 0.29) is 0 Å². The fraction of sp³-hybridized carbons (Fsp3) is 0.227. The zero-order chi connectivity index (χ0) is 17.1. The maximum atomic E-state index is 4.64. The lowest BCUT2D eigenvalue weighted by atomic mass is 10.1. The molecule has 0 aliphatic heterocycles. The second kappa shape index (κ2) is 6.88. The molecule has 0 aliphatic rings. The van der Waals surface area contributed by atoms with Gasteiger partial charge in [-0.2, -0.15) is 0 Å².